The van der Waals surface area contributed by atoms with Crippen molar-refractivity contribution in [3.8, 4) is 17.2 Å². The van der Waals surface area contributed by atoms with Crippen LogP contribution in [0.25, 0.3) is 0 Å². The van der Waals surface area contributed by atoms with E-state index in [0.29, 0.717) is 11.5 Å². The van der Waals surface area contributed by atoms with Gasteiger partial charge in [0.2, 0.25) is 0 Å². The number of ether oxygens (including phenoxy) is 2. The SMILES string of the molecule is COc1ccccc1Oc1cnccc1CNC(C)(C)C. The average molecular weight is 286 g/mol. The van der Waals surface area contributed by atoms with Crippen molar-refractivity contribution in [1.82, 2.24) is 10.3 Å². The second-order valence-electron chi connectivity index (χ2n) is 5.84. The van der Waals surface area contributed by atoms with E-state index >= 15 is 0 Å². The lowest BCUT2D eigenvalue weighted by Gasteiger charge is -2.21. The summed E-state index contributed by atoms with van der Waals surface area (Å²) in [5.41, 5.74) is 1.11. The quantitative estimate of drug-likeness (QED) is 0.908. The van der Waals surface area contributed by atoms with E-state index in [-0.39, 0.29) is 5.54 Å². The van der Waals surface area contributed by atoms with Crippen molar-refractivity contribution in [3.63, 3.8) is 0 Å². The summed E-state index contributed by atoms with van der Waals surface area (Å²) in [6, 6.07) is 9.55. The lowest BCUT2D eigenvalue weighted by molar-refractivity contribution is 0.374. The number of nitrogens with zero attached hydrogens (tertiary/aromatic N) is 1. The third-order valence-electron chi connectivity index (χ3n) is 2.97. The second-order valence-corrected chi connectivity index (χ2v) is 5.84. The molecule has 1 aromatic carbocycles. The van der Waals surface area contributed by atoms with Gasteiger partial charge in [-0.05, 0) is 39.0 Å². The van der Waals surface area contributed by atoms with E-state index in [1.54, 1.807) is 19.5 Å². The first kappa shape index (κ1) is 15.3. The molecule has 4 nitrogen and oxygen atoms in total. The minimum atomic E-state index is 0.0466. The molecular formula is C17H22N2O2. The van der Waals surface area contributed by atoms with Gasteiger partial charge in [-0.25, -0.2) is 0 Å². The van der Waals surface area contributed by atoms with E-state index in [4.69, 9.17) is 9.47 Å². The van der Waals surface area contributed by atoms with Crippen LogP contribution in [0.3, 0.4) is 0 Å². The highest BCUT2D eigenvalue weighted by Crippen LogP contribution is 2.32. The summed E-state index contributed by atoms with van der Waals surface area (Å²) in [5, 5.41) is 3.45. The van der Waals surface area contributed by atoms with Crippen LogP contribution < -0.4 is 14.8 Å². The first-order valence-corrected chi connectivity index (χ1v) is 6.98. The van der Waals surface area contributed by atoms with Gasteiger partial charge in [-0.1, -0.05) is 12.1 Å². The van der Waals surface area contributed by atoms with Crippen LogP contribution in [0, 0.1) is 0 Å². The van der Waals surface area contributed by atoms with Gasteiger partial charge in [-0.2, -0.15) is 0 Å². The normalized spacial score (nSPS) is 11.2. The van der Waals surface area contributed by atoms with Crippen molar-refractivity contribution >= 4 is 0 Å². The zero-order chi connectivity index (χ0) is 15.3. The molecule has 0 saturated heterocycles. The molecule has 1 N–H and O–H groups in total. The summed E-state index contributed by atoms with van der Waals surface area (Å²) in [5.74, 6) is 2.12. The van der Waals surface area contributed by atoms with Crippen LogP contribution in [0.5, 0.6) is 17.2 Å². The number of hydrogen-bond acceptors (Lipinski definition) is 4. The van der Waals surface area contributed by atoms with E-state index in [1.807, 2.05) is 30.3 Å². The van der Waals surface area contributed by atoms with Crippen LogP contribution in [0.15, 0.2) is 42.7 Å². The minimum Gasteiger partial charge on any atom is -0.493 e. The van der Waals surface area contributed by atoms with Gasteiger partial charge >= 0.3 is 0 Å². The molecule has 112 valence electrons. The Hall–Kier alpha value is -2.07. The largest absolute Gasteiger partial charge is 0.493 e. The summed E-state index contributed by atoms with van der Waals surface area (Å²) < 4.78 is 11.3. The maximum absolute atomic E-state index is 5.97. The summed E-state index contributed by atoms with van der Waals surface area (Å²) in [7, 11) is 1.63. The highest BCUT2D eigenvalue weighted by Gasteiger charge is 2.12. The number of rotatable bonds is 5. The second kappa shape index (κ2) is 6.59. The number of methoxy groups -OCH3 is 1. The molecular weight excluding hydrogens is 264 g/mol. The van der Waals surface area contributed by atoms with Crippen LogP contribution in [-0.2, 0) is 6.54 Å². The molecule has 0 fully saturated rings. The number of pyridine rings is 1. The number of para-hydroxylation sites is 2. The van der Waals surface area contributed by atoms with Crippen molar-refractivity contribution in [1.29, 1.82) is 0 Å². The molecule has 21 heavy (non-hydrogen) atoms. The molecule has 0 aliphatic rings. The molecule has 0 bridgehead atoms. The Kier molecular flexibility index (Phi) is 4.81. The molecule has 1 heterocycles. The minimum absolute atomic E-state index is 0.0466. The van der Waals surface area contributed by atoms with Crippen LogP contribution in [0.2, 0.25) is 0 Å². The molecule has 0 unspecified atom stereocenters. The third-order valence-corrected chi connectivity index (χ3v) is 2.97. The van der Waals surface area contributed by atoms with E-state index < -0.39 is 0 Å². The Balaban J connectivity index is 2.20. The molecule has 0 aliphatic heterocycles. The van der Waals surface area contributed by atoms with Crippen LogP contribution in [-0.4, -0.2) is 17.6 Å². The summed E-state index contributed by atoms with van der Waals surface area (Å²) in [6.07, 6.45) is 3.50. The summed E-state index contributed by atoms with van der Waals surface area (Å²) in [6.45, 7) is 7.12. The Labute approximate surface area is 126 Å². The molecule has 0 aliphatic carbocycles. The fourth-order valence-electron chi connectivity index (χ4n) is 1.83. The van der Waals surface area contributed by atoms with Crippen LogP contribution in [0.4, 0.5) is 0 Å². The van der Waals surface area contributed by atoms with Gasteiger partial charge in [0.15, 0.2) is 11.5 Å². The maximum Gasteiger partial charge on any atom is 0.169 e. The van der Waals surface area contributed by atoms with E-state index in [9.17, 15) is 0 Å². The van der Waals surface area contributed by atoms with Crippen LogP contribution >= 0.6 is 0 Å². The number of aromatic nitrogens is 1. The Bertz CT molecular complexity index is 591. The number of hydrogen-bond donors (Lipinski definition) is 1. The third kappa shape index (κ3) is 4.46. The monoisotopic (exact) mass is 286 g/mol. The maximum atomic E-state index is 5.97. The molecule has 0 radical (unpaired) electrons. The zero-order valence-corrected chi connectivity index (χ0v) is 13.0. The average Bonchev–Trinajstić information content (AvgIpc) is 2.46. The number of nitrogens with one attached hydrogen (secondary N) is 1. The lowest BCUT2D eigenvalue weighted by atomic mass is 10.1. The van der Waals surface area contributed by atoms with Gasteiger partial charge in [-0.3, -0.25) is 4.98 Å². The molecule has 1 aromatic heterocycles. The molecule has 4 heteroatoms. The van der Waals surface area contributed by atoms with E-state index in [1.165, 1.54) is 0 Å². The fourth-order valence-corrected chi connectivity index (χ4v) is 1.83. The Morgan fingerprint density at radius 1 is 1.05 bits per heavy atom. The standard InChI is InChI=1S/C17H22N2O2/c1-17(2,3)19-11-13-9-10-18-12-16(13)21-15-8-6-5-7-14(15)20-4/h5-10,12,19H,11H2,1-4H3. The smallest absolute Gasteiger partial charge is 0.169 e. The van der Waals surface area contributed by atoms with Gasteiger partial charge in [0, 0.05) is 23.8 Å². The van der Waals surface area contributed by atoms with E-state index in [0.717, 1.165) is 17.9 Å². The van der Waals surface area contributed by atoms with Crippen molar-refractivity contribution < 1.29 is 9.47 Å². The zero-order valence-electron chi connectivity index (χ0n) is 13.0. The molecule has 2 rings (SSSR count). The van der Waals surface area contributed by atoms with Crippen molar-refractivity contribution in [2.75, 3.05) is 7.11 Å². The molecule has 2 aromatic rings. The van der Waals surface area contributed by atoms with Crippen molar-refractivity contribution in [3.05, 3.63) is 48.3 Å². The fraction of sp³-hybridized carbons (Fsp3) is 0.353. The van der Waals surface area contributed by atoms with E-state index in [2.05, 4.69) is 31.1 Å². The van der Waals surface area contributed by atoms with Gasteiger partial charge in [-0.15, -0.1) is 0 Å². The van der Waals surface area contributed by atoms with Crippen LogP contribution in [0.1, 0.15) is 26.3 Å². The first-order valence-electron chi connectivity index (χ1n) is 6.98. The van der Waals surface area contributed by atoms with Crippen molar-refractivity contribution in [2.45, 2.75) is 32.9 Å². The van der Waals surface area contributed by atoms with Gasteiger partial charge < -0.3 is 14.8 Å². The van der Waals surface area contributed by atoms with Gasteiger partial charge in [0.25, 0.3) is 0 Å². The summed E-state index contributed by atoms with van der Waals surface area (Å²) >= 11 is 0. The highest BCUT2D eigenvalue weighted by molar-refractivity contribution is 5.44. The summed E-state index contributed by atoms with van der Waals surface area (Å²) in [4.78, 5) is 4.15. The van der Waals surface area contributed by atoms with Gasteiger partial charge in [0.05, 0.1) is 13.3 Å². The predicted octanol–water partition coefficient (Wildman–Crippen LogP) is 3.77. The van der Waals surface area contributed by atoms with Crippen molar-refractivity contribution in [2.24, 2.45) is 0 Å². The Morgan fingerprint density at radius 3 is 2.43 bits per heavy atom. The Morgan fingerprint density at radius 2 is 1.76 bits per heavy atom. The first-order chi connectivity index (χ1) is 9.99. The lowest BCUT2D eigenvalue weighted by Crippen LogP contribution is -2.35. The predicted molar refractivity (Wildman–Crippen MR) is 83.9 cm³/mol. The number of benzene rings is 1. The topological polar surface area (TPSA) is 43.4 Å². The van der Waals surface area contributed by atoms with Gasteiger partial charge in [0.1, 0.15) is 5.75 Å². The molecule has 0 spiro atoms. The molecule has 0 amide bonds. The highest BCUT2D eigenvalue weighted by atomic mass is 16.5. The molecule has 0 saturated carbocycles. The molecule has 0 atom stereocenters.